The van der Waals surface area contributed by atoms with Crippen molar-refractivity contribution < 1.29 is 20.4 Å². The van der Waals surface area contributed by atoms with Crippen LogP contribution in [0.25, 0.3) is 0 Å². The predicted octanol–water partition coefficient (Wildman–Crippen LogP) is -1.43. The van der Waals surface area contributed by atoms with Crippen LogP contribution in [0.1, 0.15) is 0 Å². The van der Waals surface area contributed by atoms with Gasteiger partial charge in [0.15, 0.2) is 0 Å². The second kappa shape index (κ2) is 3.08. The van der Waals surface area contributed by atoms with Crippen molar-refractivity contribution in [2.75, 3.05) is 0 Å². The fourth-order valence-electron chi connectivity index (χ4n) is 0.912. The zero-order chi connectivity index (χ0) is 8.59. The minimum absolute atomic E-state index is 0.0460. The fourth-order valence-corrected chi connectivity index (χ4v) is 1.17. The largest absolute Gasteiger partial charge is 0.387 e. The summed E-state index contributed by atoms with van der Waals surface area (Å²) in [7, 11) is 0. The van der Waals surface area contributed by atoms with E-state index in [2.05, 4.69) is 0 Å². The average molecular weight is 181 g/mol. The third-order valence-corrected chi connectivity index (χ3v) is 1.99. The summed E-state index contributed by atoms with van der Waals surface area (Å²) in [6, 6.07) is 0. The molecular formula is C6H9ClO4. The molecule has 4 N–H and O–H groups in total. The molecule has 5 heteroatoms. The molecule has 0 aliphatic heterocycles. The summed E-state index contributed by atoms with van der Waals surface area (Å²) in [5.74, 6) is 0. The van der Waals surface area contributed by atoms with Crippen molar-refractivity contribution in [3.63, 3.8) is 0 Å². The van der Waals surface area contributed by atoms with E-state index in [9.17, 15) is 0 Å². The van der Waals surface area contributed by atoms with Crippen molar-refractivity contribution in [1.29, 1.82) is 0 Å². The molecule has 1 aliphatic carbocycles. The lowest BCUT2D eigenvalue weighted by molar-refractivity contribution is -0.0900. The lowest BCUT2D eigenvalue weighted by atomic mass is 9.96. The number of halogens is 1. The molecule has 0 bridgehead atoms. The van der Waals surface area contributed by atoms with Crippen LogP contribution >= 0.6 is 11.6 Å². The van der Waals surface area contributed by atoms with Gasteiger partial charge in [-0.2, -0.15) is 0 Å². The zero-order valence-corrected chi connectivity index (χ0v) is 6.31. The van der Waals surface area contributed by atoms with E-state index >= 15 is 0 Å². The summed E-state index contributed by atoms with van der Waals surface area (Å²) < 4.78 is 0. The Morgan fingerprint density at radius 3 is 2.18 bits per heavy atom. The van der Waals surface area contributed by atoms with E-state index in [-0.39, 0.29) is 5.03 Å². The van der Waals surface area contributed by atoms with E-state index in [1.165, 1.54) is 0 Å². The minimum atomic E-state index is -1.41. The second-order valence-electron chi connectivity index (χ2n) is 2.47. The summed E-state index contributed by atoms with van der Waals surface area (Å²) in [6.45, 7) is 0. The summed E-state index contributed by atoms with van der Waals surface area (Å²) in [5, 5.41) is 35.9. The molecular weight excluding hydrogens is 172 g/mol. The standard InChI is InChI=1S/C6H9ClO4/c7-2-1-3(8)5(10)6(11)4(2)9/h1,3-6,8-11H/t3?,4-,5?,6-/m1/s1. The van der Waals surface area contributed by atoms with E-state index in [0.29, 0.717) is 0 Å². The van der Waals surface area contributed by atoms with Crippen molar-refractivity contribution in [1.82, 2.24) is 0 Å². The van der Waals surface area contributed by atoms with Crippen LogP contribution in [0.4, 0.5) is 0 Å². The molecule has 1 aliphatic rings. The first-order valence-corrected chi connectivity index (χ1v) is 3.51. The molecule has 2 unspecified atom stereocenters. The number of hydrogen-bond donors (Lipinski definition) is 4. The third-order valence-electron chi connectivity index (χ3n) is 1.64. The highest BCUT2D eigenvalue weighted by atomic mass is 35.5. The molecule has 0 spiro atoms. The quantitative estimate of drug-likeness (QED) is 0.368. The lowest BCUT2D eigenvalue weighted by Crippen LogP contribution is -2.47. The Labute approximate surface area is 68.3 Å². The van der Waals surface area contributed by atoms with Crippen molar-refractivity contribution in [3.8, 4) is 0 Å². The third kappa shape index (κ3) is 1.55. The molecule has 4 nitrogen and oxygen atoms in total. The molecule has 0 aromatic rings. The van der Waals surface area contributed by atoms with E-state index < -0.39 is 24.4 Å². The van der Waals surface area contributed by atoms with E-state index in [4.69, 9.17) is 32.0 Å². The van der Waals surface area contributed by atoms with Crippen LogP contribution in [0.2, 0.25) is 0 Å². The van der Waals surface area contributed by atoms with Crippen LogP contribution in [-0.2, 0) is 0 Å². The zero-order valence-electron chi connectivity index (χ0n) is 5.55. The number of rotatable bonds is 0. The highest BCUT2D eigenvalue weighted by Gasteiger charge is 2.35. The van der Waals surface area contributed by atoms with Gasteiger partial charge >= 0.3 is 0 Å². The van der Waals surface area contributed by atoms with E-state index in [0.717, 1.165) is 6.08 Å². The maximum atomic E-state index is 9.01. The Morgan fingerprint density at radius 2 is 1.64 bits per heavy atom. The Morgan fingerprint density at radius 1 is 1.09 bits per heavy atom. The first kappa shape index (κ1) is 8.96. The molecule has 0 fully saturated rings. The summed E-state index contributed by atoms with van der Waals surface area (Å²) in [4.78, 5) is 0. The van der Waals surface area contributed by atoms with Gasteiger partial charge in [-0.1, -0.05) is 11.6 Å². The number of aliphatic hydroxyl groups is 4. The van der Waals surface area contributed by atoms with Gasteiger partial charge in [-0.3, -0.25) is 0 Å². The summed E-state index contributed by atoms with van der Waals surface area (Å²) in [5.41, 5.74) is 0. The van der Waals surface area contributed by atoms with Crippen LogP contribution in [-0.4, -0.2) is 44.8 Å². The van der Waals surface area contributed by atoms with Crippen molar-refractivity contribution in [2.45, 2.75) is 24.4 Å². The monoisotopic (exact) mass is 180 g/mol. The Bertz CT molecular complexity index is 181. The van der Waals surface area contributed by atoms with E-state index in [1.807, 2.05) is 0 Å². The smallest absolute Gasteiger partial charge is 0.118 e. The molecule has 4 atom stereocenters. The maximum Gasteiger partial charge on any atom is 0.118 e. The Kier molecular flexibility index (Phi) is 2.51. The lowest BCUT2D eigenvalue weighted by Gasteiger charge is -2.29. The average Bonchev–Trinajstić information content (AvgIpc) is 1.97. The van der Waals surface area contributed by atoms with Gasteiger partial charge in [-0.25, -0.2) is 0 Å². The van der Waals surface area contributed by atoms with Crippen LogP contribution in [0.3, 0.4) is 0 Å². The molecule has 64 valence electrons. The highest BCUT2D eigenvalue weighted by molar-refractivity contribution is 6.30. The van der Waals surface area contributed by atoms with Gasteiger partial charge in [-0.15, -0.1) is 0 Å². The molecule has 11 heavy (non-hydrogen) atoms. The highest BCUT2D eigenvalue weighted by Crippen LogP contribution is 2.22. The summed E-state index contributed by atoms with van der Waals surface area (Å²) >= 11 is 5.40. The molecule has 1 rings (SSSR count). The SMILES string of the molecule is OC1C=C(Cl)[C@@H](O)[C@@H](O)C1O. The normalized spacial score (nSPS) is 45.4. The van der Waals surface area contributed by atoms with Gasteiger partial charge in [0, 0.05) is 5.03 Å². The molecule has 0 radical (unpaired) electrons. The number of aliphatic hydroxyl groups excluding tert-OH is 4. The maximum absolute atomic E-state index is 9.01. The van der Waals surface area contributed by atoms with Gasteiger partial charge in [0.2, 0.25) is 0 Å². The van der Waals surface area contributed by atoms with Crippen LogP contribution in [0, 0.1) is 0 Å². The van der Waals surface area contributed by atoms with Crippen LogP contribution in [0.15, 0.2) is 11.1 Å². The Balaban J connectivity index is 2.83. The molecule has 0 aromatic heterocycles. The molecule has 0 saturated carbocycles. The van der Waals surface area contributed by atoms with Crippen LogP contribution < -0.4 is 0 Å². The van der Waals surface area contributed by atoms with E-state index in [1.54, 1.807) is 0 Å². The van der Waals surface area contributed by atoms with Crippen molar-refractivity contribution >= 4 is 11.6 Å². The molecule has 0 amide bonds. The van der Waals surface area contributed by atoms with Gasteiger partial charge in [-0.05, 0) is 6.08 Å². The fraction of sp³-hybridized carbons (Fsp3) is 0.667. The van der Waals surface area contributed by atoms with Crippen LogP contribution in [0.5, 0.6) is 0 Å². The minimum Gasteiger partial charge on any atom is -0.387 e. The van der Waals surface area contributed by atoms with Gasteiger partial charge in [0.05, 0.1) is 0 Å². The first-order valence-electron chi connectivity index (χ1n) is 3.13. The van der Waals surface area contributed by atoms with Crippen molar-refractivity contribution in [2.24, 2.45) is 0 Å². The summed E-state index contributed by atoms with van der Waals surface area (Å²) in [6.07, 6.45) is -4.19. The van der Waals surface area contributed by atoms with Gasteiger partial charge in [0.1, 0.15) is 24.4 Å². The molecule has 0 heterocycles. The topological polar surface area (TPSA) is 80.9 Å². The molecule has 0 saturated heterocycles. The Hall–Kier alpha value is -0.130. The number of hydrogen-bond acceptors (Lipinski definition) is 4. The molecule has 0 aromatic carbocycles. The van der Waals surface area contributed by atoms with Gasteiger partial charge < -0.3 is 20.4 Å². The first-order chi connectivity index (χ1) is 5.04. The van der Waals surface area contributed by atoms with Crippen molar-refractivity contribution in [3.05, 3.63) is 11.1 Å². The predicted molar refractivity (Wildman–Crippen MR) is 38.0 cm³/mol. The van der Waals surface area contributed by atoms with Gasteiger partial charge in [0.25, 0.3) is 0 Å². The second-order valence-corrected chi connectivity index (χ2v) is 2.90.